The molecule has 1 saturated heterocycles. The highest BCUT2D eigenvalue weighted by molar-refractivity contribution is 5.78. The van der Waals surface area contributed by atoms with Crippen molar-refractivity contribution in [2.75, 3.05) is 13.2 Å². The fourth-order valence-electron chi connectivity index (χ4n) is 2.13. The normalized spacial score (nSPS) is 29.5. The molecular weight excluding hydrogens is 192 g/mol. The summed E-state index contributed by atoms with van der Waals surface area (Å²) in [6.45, 7) is 8.75. The molecule has 4 nitrogen and oxygen atoms in total. The maximum atomic E-state index is 11.9. The molecule has 0 aromatic carbocycles. The molecule has 0 spiro atoms. The maximum Gasteiger partial charge on any atom is 0.345 e. The van der Waals surface area contributed by atoms with Crippen LogP contribution in [0.1, 0.15) is 13.8 Å². The number of rotatable bonds is 3. The second kappa shape index (κ2) is 3.70. The third-order valence-corrected chi connectivity index (χ3v) is 2.94. The van der Waals surface area contributed by atoms with E-state index < -0.39 is 0 Å². The lowest BCUT2D eigenvalue weighted by Crippen LogP contribution is -2.36. The number of hydrogen-bond acceptors (Lipinski definition) is 2. The average Bonchev–Trinajstić information content (AvgIpc) is 2.48. The summed E-state index contributed by atoms with van der Waals surface area (Å²) >= 11 is 0. The molecule has 0 radical (unpaired) electrons. The highest BCUT2D eigenvalue weighted by atomic mass is 16.7. The van der Waals surface area contributed by atoms with Crippen LogP contribution in [0.2, 0.25) is 0 Å². The Morgan fingerprint density at radius 3 is 3.13 bits per heavy atom. The first-order valence-corrected chi connectivity index (χ1v) is 5.17. The van der Waals surface area contributed by atoms with Gasteiger partial charge in [-0.1, -0.05) is 12.2 Å². The number of nitrogens with zero attached hydrogens (tertiary/aromatic N) is 2. The highest BCUT2D eigenvalue weighted by Gasteiger charge is 2.43. The molecule has 2 aliphatic rings. The minimum atomic E-state index is -0.0394. The van der Waals surface area contributed by atoms with E-state index >= 15 is 0 Å². The minimum Gasteiger partial charge on any atom is -0.314 e. The molecule has 0 aromatic heterocycles. The number of hydroxylamine groups is 2. The third kappa shape index (κ3) is 1.55. The van der Waals surface area contributed by atoms with Crippen molar-refractivity contribution in [3.05, 3.63) is 24.3 Å². The molecule has 82 valence electrons. The topological polar surface area (TPSA) is 32.8 Å². The van der Waals surface area contributed by atoms with E-state index in [1.165, 1.54) is 10.6 Å². The number of fused-ring (bicyclic) bond motifs is 2. The van der Waals surface area contributed by atoms with Crippen LogP contribution in [0.25, 0.3) is 0 Å². The monoisotopic (exact) mass is 208 g/mol. The van der Waals surface area contributed by atoms with Crippen LogP contribution in [0.5, 0.6) is 0 Å². The number of urea groups is 1. The van der Waals surface area contributed by atoms with Crippen LogP contribution in [-0.4, -0.2) is 41.2 Å². The van der Waals surface area contributed by atoms with Gasteiger partial charge in [-0.05, 0) is 19.4 Å². The van der Waals surface area contributed by atoms with Gasteiger partial charge in [0.15, 0.2) is 0 Å². The standard InChI is InChI=1S/C11H16N2O2/c1-4-5-15-13-10-7-12(11(13)14)9(3)6-8(10)2/h4,6,9-10H,1,5,7H2,2-3H3. The molecule has 2 rings (SSSR count). The van der Waals surface area contributed by atoms with Gasteiger partial charge in [-0.2, -0.15) is 5.06 Å². The van der Waals surface area contributed by atoms with Crippen LogP contribution < -0.4 is 0 Å². The molecule has 2 aliphatic heterocycles. The fourth-order valence-corrected chi connectivity index (χ4v) is 2.13. The Morgan fingerprint density at radius 1 is 1.73 bits per heavy atom. The molecule has 0 N–H and O–H groups in total. The molecule has 0 saturated carbocycles. The van der Waals surface area contributed by atoms with Crippen molar-refractivity contribution in [3.8, 4) is 0 Å². The zero-order chi connectivity index (χ0) is 11.0. The maximum absolute atomic E-state index is 11.9. The zero-order valence-corrected chi connectivity index (χ0v) is 9.14. The molecule has 0 aromatic rings. The van der Waals surface area contributed by atoms with Crippen molar-refractivity contribution in [3.63, 3.8) is 0 Å². The Kier molecular flexibility index (Phi) is 2.52. The van der Waals surface area contributed by atoms with E-state index in [0.717, 1.165) is 6.54 Å². The molecule has 2 atom stereocenters. The predicted molar refractivity (Wildman–Crippen MR) is 57.1 cm³/mol. The number of carbonyl (C=O) groups is 1. The quantitative estimate of drug-likeness (QED) is 0.659. The molecule has 15 heavy (non-hydrogen) atoms. The number of carbonyl (C=O) groups excluding carboxylic acids is 1. The van der Waals surface area contributed by atoms with E-state index in [2.05, 4.69) is 12.7 Å². The van der Waals surface area contributed by atoms with Gasteiger partial charge in [0.25, 0.3) is 0 Å². The van der Waals surface area contributed by atoms with Crippen LogP contribution in [0.3, 0.4) is 0 Å². The summed E-state index contributed by atoms with van der Waals surface area (Å²) in [5, 5.41) is 1.47. The lowest BCUT2D eigenvalue weighted by atomic mass is 10.0. The van der Waals surface area contributed by atoms with Gasteiger partial charge in [0.2, 0.25) is 0 Å². The SMILES string of the molecule is C=CCON1C(=O)N2CC1C(C)=CC2C. The van der Waals surface area contributed by atoms with E-state index in [9.17, 15) is 4.79 Å². The van der Waals surface area contributed by atoms with E-state index in [4.69, 9.17) is 4.84 Å². The zero-order valence-electron chi connectivity index (χ0n) is 9.14. The van der Waals surface area contributed by atoms with Crippen LogP contribution in [0.15, 0.2) is 24.3 Å². The second-order valence-corrected chi connectivity index (χ2v) is 4.01. The van der Waals surface area contributed by atoms with Gasteiger partial charge in [-0.25, -0.2) is 4.79 Å². The molecule has 2 bridgehead atoms. The van der Waals surface area contributed by atoms with Gasteiger partial charge in [0.1, 0.15) is 0 Å². The van der Waals surface area contributed by atoms with Gasteiger partial charge >= 0.3 is 6.03 Å². The van der Waals surface area contributed by atoms with Crippen LogP contribution in [0.4, 0.5) is 4.79 Å². The van der Waals surface area contributed by atoms with Crippen molar-refractivity contribution < 1.29 is 9.63 Å². The minimum absolute atomic E-state index is 0.0394. The van der Waals surface area contributed by atoms with E-state index in [-0.39, 0.29) is 18.1 Å². The van der Waals surface area contributed by atoms with E-state index in [1.54, 1.807) is 6.08 Å². The van der Waals surface area contributed by atoms with Crippen molar-refractivity contribution in [2.24, 2.45) is 0 Å². The molecule has 1 fully saturated rings. The smallest absolute Gasteiger partial charge is 0.314 e. The predicted octanol–water partition coefficient (Wildman–Crippen LogP) is 1.56. The molecule has 0 aliphatic carbocycles. The summed E-state index contributed by atoms with van der Waals surface area (Å²) in [4.78, 5) is 19.1. The summed E-state index contributed by atoms with van der Waals surface area (Å²) in [7, 11) is 0. The summed E-state index contributed by atoms with van der Waals surface area (Å²) in [6, 6.07) is 0.210. The second-order valence-electron chi connectivity index (χ2n) is 4.01. The van der Waals surface area contributed by atoms with Crippen LogP contribution in [0, 0.1) is 0 Å². The Balaban J connectivity index is 2.18. The Bertz CT molecular complexity index is 325. The average molecular weight is 208 g/mol. The first kappa shape index (κ1) is 10.2. The first-order valence-electron chi connectivity index (χ1n) is 5.17. The molecule has 2 amide bonds. The van der Waals surface area contributed by atoms with Crippen LogP contribution >= 0.6 is 0 Å². The van der Waals surface area contributed by atoms with E-state index in [1.807, 2.05) is 18.7 Å². The fraction of sp³-hybridized carbons (Fsp3) is 0.545. The van der Waals surface area contributed by atoms with Gasteiger partial charge in [-0.3, -0.25) is 4.84 Å². The highest BCUT2D eigenvalue weighted by Crippen LogP contribution is 2.29. The number of hydrogen-bond donors (Lipinski definition) is 0. The summed E-state index contributed by atoms with van der Waals surface area (Å²) in [6.07, 6.45) is 3.76. The lowest BCUT2D eigenvalue weighted by molar-refractivity contribution is -0.109. The Hall–Kier alpha value is -1.29. The van der Waals surface area contributed by atoms with Crippen molar-refractivity contribution in [1.29, 1.82) is 0 Å². The van der Waals surface area contributed by atoms with Gasteiger partial charge in [0, 0.05) is 12.6 Å². The van der Waals surface area contributed by atoms with Gasteiger partial charge in [0.05, 0.1) is 12.6 Å². The van der Waals surface area contributed by atoms with Gasteiger partial charge < -0.3 is 4.90 Å². The third-order valence-electron chi connectivity index (χ3n) is 2.94. The van der Waals surface area contributed by atoms with Crippen molar-refractivity contribution >= 4 is 6.03 Å². The Labute approximate surface area is 89.7 Å². The molecule has 2 unspecified atom stereocenters. The molecule has 4 heteroatoms. The lowest BCUT2D eigenvalue weighted by Gasteiger charge is -2.25. The molecule has 2 heterocycles. The van der Waals surface area contributed by atoms with Crippen molar-refractivity contribution in [2.45, 2.75) is 25.9 Å². The Morgan fingerprint density at radius 2 is 2.47 bits per heavy atom. The van der Waals surface area contributed by atoms with E-state index in [0.29, 0.717) is 6.61 Å². The van der Waals surface area contributed by atoms with Gasteiger partial charge in [-0.15, -0.1) is 6.58 Å². The van der Waals surface area contributed by atoms with Crippen molar-refractivity contribution in [1.82, 2.24) is 9.96 Å². The first-order chi connectivity index (χ1) is 7.15. The largest absolute Gasteiger partial charge is 0.345 e. The van der Waals surface area contributed by atoms with Crippen LogP contribution in [-0.2, 0) is 4.84 Å². The summed E-state index contributed by atoms with van der Waals surface area (Å²) in [5.74, 6) is 0. The molecular formula is C11H16N2O2. The summed E-state index contributed by atoms with van der Waals surface area (Å²) in [5.41, 5.74) is 1.20. The number of amides is 2. The summed E-state index contributed by atoms with van der Waals surface area (Å²) < 4.78 is 0.